The van der Waals surface area contributed by atoms with E-state index in [9.17, 15) is 5.11 Å². The van der Waals surface area contributed by atoms with Gasteiger partial charge in [0.05, 0.1) is 6.61 Å². The molecule has 1 saturated carbocycles. The second kappa shape index (κ2) is 3.75. The van der Waals surface area contributed by atoms with Crippen molar-refractivity contribution in [2.24, 2.45) is 11.3 Å². The van der Waals surface area contributed by atoms with E-state index < -0.39 is 0 Å². The molecule has 1 aliphatic carbocycles. The van der Waals surface area contributed by atoms with E-state index in [1.165, 1.54) is 19.3 Å². The Morgan fingerprint density at radius 1 is 1.42 bits per heavy atom. The molecule has 72 valence electrons. The summed E-state index contributed by atoms with van der Waals surface area (Å²) in [5, 5.41) is 12.7. The lowest BCUT2D eigenvalue weighted by Gasteiger charge is -2.48. The molecular formula is C10H21NO. The monoisotopic (exact) mass is 171 g/mol. The van der Waals surface area contributed by atoms with Gasteiger partial charge in [-0.3, -0.25) is 0 Å². The summed E-state index contributed by atoms with van der Waals surface area (Å²) in [7, 11) is 2.00. The average molecular weight is 171 g/mol. The van der Waals surface area contributed by atoms with Crippen LogP contribution in [-0.4, -0.2) is 24.8 Å². The molecular weight excluding hydrogens is 150 g/mol. The molecule has 2 heteroatoms. The average Bonchev–Trinajstić information content (AvgIpc) is 1.95. The van der Waals surface area contributed by atoms with Gasteiger partial charge in [-0.1, -0.05) is 20.3 Å². The normalized spacial score (nSPS) is 23.8. The number of rotatable bonds is 4. The topological polar surface area (TPSA) is 32.3 Å². The molecule has 0 radical (unpaired) electrons. The maximum Gasteiger partial charge on any atom is 0.0502 e. The molecule has 0 spiro atoms. The lowest BCUT2D eigenvalue weighted by Crippen LogP contribution is -2.53. The first kappa shape index (κ1) is 10.0. The number of aliphatic hydroxyl groups is 1. The van der Waals surface area contributed by atoms with Crippen molar-refractivity contribution in [3.63, 3.8) is 0 Å². The van der Waals surface area contributed by atoms with Crippen molar-refractivity contribution in [3.8, 4) is 0 Å². The van der Waals surface area contributed by atoms with Gasteiger partial charge in [0.15, 0.2) is 0 Å². The molecule has 0 aromatic carbocycles. The molecule has 0 saturated heterocycles. The lowest BCUT2D eigenvalue weighted by atomic mass is 9.62. The molecule has 0 aromatic rings. The minimum atomic E-state index is 0.197. The highest BCUT2D eigenvalue weighted by molar-refractivity contribution is 4.97. The van der Waals surface area contributed by atoms with E-state index in [-0.39, 0.29) is 5.41 Å². The van der Waals surface area contributed by atoms with Gasteiger partial charge in [-0.05, 0) is 25.8 Å². The Morgan fingerprint density at radius 2 is 2.00 bits per heavy atom. The molecule has 1 unspecified atom stereocenters. The molecule has 0 aromatic heterocycles. The molecule has 0 amide bonds. The highest BCUT2D eigenvalue weighted by Crippen LogP contribution is 2.45. The highest BCUT2D eigenvalue weighted by Gasteiger charge is 2.43. The second-order valence-electron chi connectivity index (χ2n) is 4.38. The van der Waals surface area contributed by atoms with E-state index in [0.717, 1.165) is 0 Å². The van der Waals surface area contributed by atoms with E-state index in [4.69, 9.17) is 0 Å². The maximum absolute atomic E-state index is 9.35. The molecule has 0 aliphatic heterocycles. The summed E-state index contributed by atoms with van der Waals surface area (Å²) in [5.74, 6) is 0.613. The molecule has 2 nitrogen and oxygen atoms in total. The Bertz CT molecular complexity index is 135. The van der Waals surface area contributed by atoms with Crippen LogP contribution in [0.2, 0.25) is 0 Å². The Hall–Kier alpha value is -0.0800. The summed E-state index contributed by atoms with van der Waals surface area (Å²) in [6.45, 7) is 4.78. The van der Waals surface area contributed by atoms with Crippen molar-refractivity contribution in [2.75, 3.05) is 13.7 Å². The fourth-order valence-electron chi connectivity index (χ4n) is 2.54. The van der Waals surface area contributed by atoms with Crippen LogP contribution in [0.25, 0.3) is 0 Å². The molecule has 1 rings (SSSR count). The Morgan fingerprint density at radius 3 is 2.08 bits per heavy atom. The molecule has 0 bridgehead atoms. The highest BCUT2D eigenvalue weighted by atomic mass is 16.3. The zero-order valence-electron chi connectivity index (χ0n) is 8.43. The number of hydrogen-bond donors (Lipinski definition) is 2. The van der Waals surface area contributed by atoms with Crippen molar-refractivity contribution in [2.45, 2.75) is 39.2 Å². The predicted octanol–water partition coefficient (Wildman–Crippen LogP) is 1.39. The minimum Gasteiger partial charge on any atom is -0.396 e. The van der Waals surface area contributed by atoms with Crippen LogP contribution in [0.4, 0.5) is 0 Å². The maximum atomic E-state index is 9.35. The van der Waals surface area contributed by atoms with Crippen molar-refractivity contribution in [3.05, 3.63) is 0 Å². The number of hydrogen-bond acceptors (Lipinski definition) is 2. The Kier molecular flexibility index (Phi) is 3.13. The van der Waals surface area contributed by atoms with Gasteiger partial charge >= 0.3 is 0 Å². The van der Waals surface area contributed by atoms with Crippen LogP contribution in [0.5, 0.6) is 0 Å². The molecule has 1 atom stereocenters. The third-order valence-electron chi connectivity index (χ3n) is 3.30. The Labute approximate surface area is 75.4 Å². The van der Waals surface area contributed by atoms with Crippen LogP contribution in [0.3, 0.4) is 0 Å². The lowest BCUT2D eigenvalue weighted by molar-refractivity contribution is -0.00661. The van der Waals surface area contributed by atoms with E-state index in [0.29, 0.717) is 18.6 Å². The summed E-state index contributed by atoms with van der Waals surface area (Å²) in [5.41, 5.74) is 0.197. The van der Waals surface area contributed by atoms with Crippen LogP contribution >= 0.6 is 0 Å². The van der Waals surface area contributed by atoms with Crippen LogP contribution < -0.4 is 5.32 Å². The van der Waals surface area contributed by atoms with Crippen LogP contribution in [0.15, 0.2) is 0 Å². The molecule has 1 fully saturated rings. The fourth-order valence-corrected chi connectivity index (χ4v) is 2.54. The Balaban J connectivity index is 2.61. The van der Waals surface area contributed by atoms with E-state index in [1.807, 2.05) is 7.05 Å². The van der Waals surface area contributed by atoms with Crippen molar-refractivity contribution >= 4 is 0 Å². The van der Waals surface area contributed by atoms with E-state index >= 15 is 0 Å². The SMILES string of the molecule is CNC(C(C)C)C1(CO)CCC1. The molecule has 12 heavy (non-hydrogen) atoms. The molecule has 2 N–H and O–H groups in total. The van der Waals surface area contributed by atoms with Crippen molar-refractivity contribution in [1.29, 1.82) is 0 Å². The summed E-state index contributed by atoms with van der Waals surface area (Å²) in [6, 6.07) is 0.483. The number of aliphatic hydroxyl groups excluding tert-OH is 1. The summed E-state index contributed by atoms with van der Waals surface area (Å²) in [6.07, 6.45) is 3.66. The minimum absolute atomic E-state index is 0.197. The van der Waals surface area contributed by atoms with Crippen LogP contribution in [0, 0.1) is 11.3 Å². The predicted molar refractivity (Wildman–Crippen MR) is 51.1 cm³/mol. The van der Waals surface area contributed by atoms with Gasteiger partial charge in [0, 0.05) is 11.5 Å². The third-order valence-corrected chi connectivity index (χ3v) is 3.30. The van der Waals surface area contributed by atoms with Gasteiger partial charge in [0.25, 0.3) is 0 Å². The van der Waals surface area contributed by atoms with Gasteiger partial charge in [0.1, 0.15) is 0 Å². The van der Waals surface area contributed by atoms with Gasteiger partial charge in [-0.2, -0.15) is 0 Å². The van der Waals surface area contributed by atoms with Crippen molar-refractivity contribution in [1.82, 2.24) is 5.32 Å². The van der Waals surface area contributed by atoms with Gasteiger partial charge in [0.2, 0.25) is 0 Å². The molecule has 0 heterocycles. The van der Waals surface area contributed by atoms with E-state index in [1.54, 1.807) is 0 Å². The summed E-state index contributed by atoms with van der Waals surface area (Å²) < 4.78 is 0. The zero-order chi connectivity index (χ0) is 9.19. The fraction of sp³-hybridized carbons (Fsp3) is 1.00. The zero-order valence-corrected chi connectivity index (χ0v) is 8.43. The number of nitrogens with one attached hydrogen (secondary N) is 1. The van der Waals surface area contributed by atoms with E-state index in [2.05, 4.69) is 19.2 Å². The first-order chi connectivity index (χ1) is 5.66. The largest absolute Gasteiger partial charge is 0.396 e. The summed E-state index contributed by atoms with van der Waals surface area (Å²) in [4.78, 5) is 0. The van der Waals surface area contributed by atoms with Crippen LogP contribution in [-0.2, 0) is 0 Å². The third kappa shape index (κ3) is 1.50. The van der Waals surface area contributed by atoms with Gasteiger partial charge < -0.3 is 10.4 Å². The smallest absolute Gasteiger partial charge is 0.0502 e. The van der Waals surface area contributed by atoms with Crippen LogP contribution in [0.1, 0.15) is 33.1 Å². The van der Waals surface area contributed by atoms with Crippen molar-refractivity contribution < 1.29 is 5.11 Å². The van der Waals surface area contributed by atoms with Gasteiger partial charge in [-0.15, -0.1) is 0 Å². The summed E-state index contributed by atoms with van der Waals surface area (Å²) >= 11 is 0. The quantitative estimate of drug-likeness (QED) is 0.670. The second-order valence-corrected chi connectivity index (χ2v) is 4.38. The van der Waals surface area contributed by atoms with Gasteiger partial charge in [-0.25, -0.2) is 0 Å². The first-order valence-electron chi connectivity index (χ1n) is 4.94. The first-order valence-corrected chi connectivity index (χ1v) is 4.94. The molecule has 1 aliphatic rings. The standard InChI is InChI=1S/C10H21NO/c1-8(2)9(11-3)10(7-12)5-4-6-10/h8-9,11-12H,4-7H2,1-3H3.